The average Bonchev–Trinajstić information content (AvgIpc) is 3.05. The van der Waals surface area contributed by atoms with E-state index in [0.29, 0.717) is 17.1 Å². The summed E-state index contributed by atoms with van der Waals surface area (Å²) >= 11 is 0. The summed E-state index contributed by atoms with van der Waals surface area (Å²) in [5.74, 6) is -1.41. The molecule has 0 atom stereocenters. The van der Waals surface area contributed by atoms with Gasteiger partial charge in [0.2, 0.25) is 0 Å². The minimum Gasteiger partial charge on any atom is -0.465 e. The van der Waals surface area contributed by atoms with E-state index in [4.69, 9.17) is 14.0 Å². The summed E-state index contributed by atoms with van der Waals surface area (Å²) in [6, 6.07) is 11.9. The van der Waals surface area contributed by atoms with Crippen molar-refractivity contribution in [3.8, 4) is 0 Å². The Morgan fingerprint density at radius 1 is 0.848 bits per heavy atom. The van der Waals surface area contributed by atoms with Crippen molar-refractivity contribution >= 4 is 39.1 Å². The molecule has 11 heteroatoms. The van der Waals surface area contributed by atoms with E-state index in [1.165, 1.54) is 49.5 Å². The van der Waals surface area contributed by atoms with Gasteiger partial charge in [-0.2, -0.15) is 18.6 Å². The molecule has 2 aromatic carbocycles. The van der Waals surface area contributed by atoms with Crippen LogP contribution in [0.2, 0.25) is 0 Å². The van der Waals surface area contributed by atoms with Crippen LogP contribution in [0, 0.1) is 0 Å². The predicted molar refractivity (Wildman–Crippen MR) is 119 cm³/mol. The molecule has 0 bridgehead atoms. The van der Waals surface area contributed by atoms with Crippen molar-refractivity contribution in [2.24, 2.45) is 10.2 Å². The molecule has 1 aliphatic rings. The summed E-state index contributed by atoms with van der Waals surface area (Å²) < 4.78 is 40.9. The van der Waals surface area contributed by atoms with Crippen LogP contribution in [0.15, 0.2) is 99.4 Å². The van der Waals surface area contributed by atoms with E-state index in [-0.39, 0.29) is 16.2 Å². The Labute approximate surface area is 189 Å². The van der Waals surface area contributed by atoms with E-state index in [9.17, 15) is 18.0 Å². The number of hydrogen-bond acceptors (Lipinski definition) is 9. The van der Waals surface area contributed by atoms with Crippen LogP contribution in [0.25, 0.3) is 0 Å². The first kappa shape index (κ1) is 23.6. The van der Waals surface area contributed by atoms with Gasteiger partial charge in [-0.05, 0) is 60.7 Å². The number of benzene rings is 2. The third-order valence-electron chi connectivity index (χ3n) is 4.43. The maximum Gasteiger partial charge on any atom is 0.355 e. The molecule has 2 aromatic rings. The fraction of sp³-hybridized carbons (Fsp3) is 0.0909. The zero-order valence-electron chi connectivity index (χ0n) is 17.6. The number of methoxy groups -OCH3 is 2. The normalized spacial score (nSPS) is 13.8. The van der Waals surface area contributed by atoms with Crippen LogP contribution in [-0.4, -0.2) is 39.1 Å². The molecule has 3 rings (SSSR count). The van der Waals surface area contributed by atoms with Gasteiger partial charge in [-0.25, -0.2) is 9.59 Å². The highest BCUT2D eigenvalue weighted by atomic mass is 32.2. The highest BCUT2D eigenvalue weighted by Gasteiger charge is 2.27. The summed E-state index contributed by atoms with van der Waals surface area (Å²) in [7, 11) is -1.85. The molecular weight excluding hydrogens is 450 g/mol. The van der Waals surface area contributed by atoms with Gasteiger partial charge in [0.25, 0.3) is 10.1 Å². The number of rotatable bonds is 6. The SMILES string of the molecule is COC(=O)C1=C(C(=O)OC)N(c2ccc(N=Nc3ccc(S(=O)(=O)O)cc3)cc2)C=CC=C1. The van der Waals surface area contributed by atoms with E-state index in [2.05, 4.69) is 10.2 Å². The van der Waals surface area contributed by atoms with E-state index in [1.54, 1.807) is 42.6 Å². The summed E-state index contributed by atoms with van der Waals surface area (Å²) in [5.41, 5.74) is 1.43. The molecule has 0 unspecified atom stereocenters. The van der Waals surface area contributed by atoms with E-state index in [1.807, 2.05) is 0 Å². The van der Waals surface area contributed by atoms with Gasteiger partial charge in [-0.3, -0.25) is 4.55 Å². The van der Waals surface area contributed by atoms with Crippen LogP contribution in [0.3, 0.4) is 0 Å². The Morgan fingerprint density at radius 3 is 1.91 bits per heavy atom. The van der Waals surface area contributed by atoms with Crippen molar-refractivity contribution in [1.29, 1.82) is 0 Å². The van der Waals surface area contributed by atoms with E-state index < -0.39 is 22.1 Å². The second kappa shape index (κ2) is 10.0. The van der Waals surface area contributed by atoms with Gasteiger partial charge in [0.1, 0.15) is 5.70 Å². The fourth-order valence-corrected chi connectivity index (χ4v) is 3.33. The first-order chi connectivity index (χ1) is 15.7. The van der Waals surface area contributed by atoms with Gasteiger partial charge in [-0.15, -0.1) is 0 Å². The third-order valence-corrected chi connectivity index (χ3v) is 5.30. The highest BCUT2D eigenvalue weighted by molar-refractivity contribution is 7.85. The largest absolute Gasteiger partial charge is 0.465 e. The van der Waals surface area contributed by atoms with Crippen LogP contribution in [-0.2, 0) is 29.2 Å². The van der Waals surface area contributed by atoms with Crippen molar-refractivity contribution < 1.29 is 32.0 Å². The molecule has 0 radical (unpaired) electrons. The topological polar surface area (TPSA) is 135 Å². The second-order valence-corrected chi connectivity index (χ2v) is 7.92. The van der Waals surface area contributed by atoms with Crippen LogP contribution >= 0.6 is 0 Å². The van der Waals surface area contributed by atoms with Crippen LogP contribution in [0.1, 0.15) is 0 Å². The highest BCUT2D eigenvalue weighted by Crippen LogP contribution is 2.28. The standard InChI is InChI=1S/C22H19N3O7S/c1-31-21(26)19-5-3-4-14-25(20(19)22(27)32-2)17-10-6-15(7-11-17)23-24-16-8-12-18(13-9-16)33(28,29)30/h3-14H,1-2H3,(H,28,29,30). The first-order valence-corrected chi connectivity index (χ1v) is 10.8. The van der Waals surface area contributed by atoms with Crippen LogP contribution in [0.4, 0.5) is 17.1 Å². The molecule has 0 saturated carbocycles. The Bertz CT molecular complexity index is 1280. The first-order valence-electron chi connectivity index (χ1n) is 9.39. The molecule has 10 nitrogen and oxygen atoms in total. The van der Waals surface area contributed by atoms with Gasteiger partial charge >= 0.3 is 11.9 Å². The van der Waals surface area contributed by atoms with Crippen LogP contribution < -0.4 is 4.90 Å². The summed E-state index contributed by atoms with van der Waals surface area (Å²) in [5, 5.41) is 8.11. The van der Waals surface area contributed by atoms with Crippen molar-refractivity contribution in [3.63, 3.8) is 0 Å². The maximum atomic E-state index is 12.5. The molecule has 0 spiro atoms. The number of carbonyl (C=O) groups is 2. The summed E-state index contributed by atoms with van der Waals surface area (Å²) in [6.07, 6.45) is 6.32. The lowest BCUT2D eigenvalue weighted by molar-refractivity contribution is -0.139. The number of ether oxygens (including phenoxy) is 2. The molecule has 1 aliphatic heterocycles. The predicted octanol–water partition coefficient (Wildman–Crippen LogP) is 3.84. The van der Waals surface area contributed by atoms with Gasteiger partial charge in [0.15, 0.2) is 0 Å². The number of allylic oxidation sites excluding steroid dienone is 2. The maximum absolute atomic E-state index is 12.5. The minimum absolute atomic E-state index is 0.0114. The molecule has 0 aliphatic carbocycles. The lowest BCUT2D eigenvalue weighted by Gasteiger charge is -2.23. The van der Waals surface area contributed by atoms with Crippen molar-refractivity contribution in [1.82, 2.24) is 0 Å². The average molecular weight is 469 g/mol. The summed E-state index contributed by atoms with van der Waals surface area (Å²) in [6.45, 7) is 0. The zero-order chi connectivity index (χ0) is 24.0. The minimum atomic E-state index is -4.28. The monoisotopic (exact) mass is 469 g/mol. The lowest BCUT2D eigenvalue weighted by Crippen LogP contribution is -2.26. The molecule has 0 saturated heterocycles. The second-order valence-electron chi connectivity index (χ2n) is 6.50. The lowest BCUT2D eigenvalue weighted by atomic mass is 10.1. The van der Waals surface area contributed by atoms with Crippen LogP contribution in [0.5, 0.6) is 0 Å². The Morgan fingerprint density at radius 2 is 1.39 bits per heavy atom. The number of nitrogens with zero attached hydrogens (tertiary/aromatic N) is 3. The van der Waals surface area contributed by atoms with Gasteiger partial charge in [0.05, 0.1) is 36.1 Å². The number of hydrogen-bond donors (Lipinski definition) is 1. The molecular formula is C22H19N3O7S. The van der Waals surface area contributed by atoms with Crippen molar-refractivity contribution in [2.45, 2.75) is 4.90 Å². The Hall–Kier alpha value is -4.09. The van der Waals surface area contributed by atoms with Crippen molar-refractivity contribution in [2.75, 3.05) is 19.1 Å². The molecule has 0 amide bonds. The molecule has 0 aromatic heterocycles. The number of carbonyl (C=O) groups excluding carboxylic acids is 2. The Kier molecular flexibility index (Phi) is 7.16. The van der Waals surface area contributed by atoms with Gasteiger partial charge in [-0.1, -0.05) is 6.08 Å². The molecule has 1 N–H and O–H groups in total. The van der Waals surface area contributed by atoms with Gasteiger partial charge in [0, 0.05) is 11.9 Å². The van der Waals surface area contributed by atoms with Crippen molar-refractivity contribution in [3.05, 3.63) is 84.2 Å². The zero-order valence-corrected chi connectivity index (χ0v) is 18.4. The fourth-order valence-electron chi connectivity index (χ4n) is 2.85. The smallest absolute Gasteiger partial charge is 0.355 e. The molecule has 170 valence electrons. The number of esters is 2. The summed E-state index contributed by atoms with van der Waals surface area (Å²) in [4.78, 5) is 25.9. The molecule has 0 fully saturated rings. The Balaban J connectivity index is 1.88. The molecule has 33 heavy (non-hydrogen) atoms. The van der Waals surface area contributed by atoms with E-state index in [0.717, 1.165) is 0 Å². The number of anilines is 1. The van der Waals surface area contributed by atoms with Gasteiger partial charge < -0.3 is 14.4 Å². The number of azo groups is 1. The quantitative estimate of drug-likeness (QED) is 0.383. The third kappa shape index (κ3) is 5.59. The van der Waals surface area contributed by atoms with E-state index >= 15 is 0 Å². The molecule has 1 heterocycles.